The van der Waals surface area contributed by atoms with Crippen LogP contribution in [0.4, 0.5) is 4.39 Å². The van der Waals surface area contributed by atoms with Crippen LogP contribution in [0.15, 0.2) is 10.5 Å². The van der Waals surface area contributed by atoms with Crippen LogP contribution < -0.4 is 5.73 Å². The molecule has 0 bridgehead atoms. The number of phenols is 1. The summed E-state index contributed by atoms with van der Waals surface area (Å²) in [7, 11) is 0. The Morgan fingerprint density at radius 2 is 2.20 bits per heavy atom. The molecule has 82 valence electrons. The van der Waals surface area contributed by atoms with E-state index in [1.165, 1.54) is 6.07 Å². The molecule has 0 radical (unpaired) electrons. The number of halogens is 2. The first kappa shape index (κ1) is 10.9. The van der Waals surface area contributed by atoms with Gasteiger partial charge in [0.2, 0.25) is 0 Å². The largest absolute Gasteiger partial charge is 0.506 e. The molecule has 1 aliphatic rings. The Hall–Kier alpha value is -0.610. The number of benzene rings is 1. The summed E-state index contributed by atoms with van der Waals surface area (Å²) < 4.78 is 13.8. The second-order valence-electron chi connectivity index (χ2n) is 4.33. The third-order valence-electron chi connectivity index (χ3n) is 3.00. The molecule has 1 fully saturated rings. The van der Waals surface area contributed by atoms with Crippen molar-refractivity contribution in [2.75, 3.05) is 0 Å². The van der Waals surface area contributed by atoms with E-state index in [-0.39, 0.29) is 17.1 Å². The number of hydrogen-bond donors (Lipinski definition) is 2. The van der Waals surface area contributed by atoms with Gasteiger partial charge in [-0.25, -0.2) is 4.39 Å². The first-order valence-electron chi connectivity index (χ1n) is 4.88. The van der Waals surface area contributed by atoms with E-state index in [9.17, 15) is 9.50 Å². The zero-order chi connectivity index (χ0) is 11.2. The van der Waals surface area contributed by atoms with E-state index < -0.39 is 0 Å². The molecule has 0 amide bonds. The van der Waals surface area contributed by atoms with E-state index in [1.54, 1.807) is 6.92 Å². The third-order valence-corrected chi connectivity index (χ3v) is 3.60. The van der Waals surface area contributed by atoms with Gasteiger partial charge in [0.15, 0.2) is 0 Å². The highest BCUT2D eigenvalue weighted by molar-refractivity contribution is 9.10. The molecule has 4 heteroatoms. The van der Waals surface area contributed by atoms with Crippen molar-refractivity contribution >= 4 is 15.9 Å². The number of nitrogens with two attached hydrogens (primary N) is 1. The van der Waals surface area contributed by atoms with E-state index in [0.29, 0.717) is 22.0 Å². The maximum absolute atomic E-state index is 13.4. The molecule has 0 aromatic heterocycles. The Morgan fingerprint density at radius 1 is 1.60 bits per heavy atom. The molecule has 2 rings (SSSR count). The van der Waals surface area contributed by atoms with Crippen molar-refractivity contribution < 1.29 is 9.50 Å². The van der Waals surface area contributed by atoms with Crippen molar-refractivity contribution in [3.8, 4) is 5.75 Å². The van der Waals surface area contributed by atoms with E-state index >= 15 is 0 Å². The summed E-state index contributed by atoms with van der Waals surface area (Å²) in [5, 5.41) is 9.82. The Bertz CT molecular complexity index is 389. The predicted octanol–water partition coefficient (Wildman–Crippen LogP) is 2.64. The van der Waals surface area contributed by atoms with Crippen molar-refractivity contribution in [2.24, 2.45) is 5.73 Å². The minimum atomic E-state index is -0.307. The number of rotatable bonds is 2. The number of phenolic OH excluding ortho intramolecular Hbond substituents is 1. The summed E-state index contributed by atoms with van der Waals surface area (Å²) >= 11 is 3.13. The first-order chi connectivity index (χ1) is 6.93. The molecule has 0 heterocycles. The van der Waals surface area contributed by atoms with Crippen LogP contribution >= 0.6 is 15.9 Å². The molecule has 0 atom stereocenters. The summed E-state index contributed by atoms with van der Waals surface area (Å²) in [6, 6.07) is 1.28. The second kappa shape index (κ2) is 3.46. The van der Waals surface area contributed by atoms with Gasteiger partial charge in [-0.3, -0.25) is 0 Å². The van der Waals surface area contributed by atoms with Crippen LogP contribution in [-0.4, -0.2) is 10.6 Å². The van der Waals surface area contributed by atoms with Gasteiger partial charge in [0.05, 0.1) is 4.47 Å². The van der Waals surface area contributed by atoms with Gasteiger partial charge in [0.25, 0.3) is 0 Å². The average Bonchev–Trinajstić information content (AvgIpc) is 2.89. The Labute approximate surface area is 96.4 Å². The lowest BCUT2D eigenvalue weighted by atomic mass is 9.98. The molecule has 3 N–H and O–H groups in total. The SMILES string of the molecule is Cc1c(F)cc(Br)c(O)c1CC1(N)CC1. The highest BCUT2D eigenvalue weighted by Crippen LogP contribution is 2.41. The summed E-state index contributed by atoms with van der Waals surface area (Å²) in [4.78, 5) is 0. The van der Waals surface area contributed by atoms with E-state index in [2.05, 4.69) is 15.9 Å². The van der Waals surface area contributed by atoms with Crippen LogP contribution in [0.25, 0.3) is 0 Å². The Morgan fingerprint density at radius 3 is 2.73 bits per heavy atom. The molecule has 1 aromatic carbocycles. The zero-order valence-electron chi connectivity index (χ0n) is 8.48. The highest BCUT2D eigenvalue weighted by Gasteiger charge is 2.39. The fourth-order valence-electron chi connectivity index (χ4n) is 1.66. The van der Waals surface area contributed by atoms with Crippen LogP contribution in [0.2, 0.25) is 0 Å². The second-order valence-corrected chi connectivity index (χ2v) is 5.19. The van der Waals surface area contributed by atoms with Crippen LogP contribution in [-0.2, 0) is 6.42 Å². The van der Waals surface area contributed by atoms with Gasteiger partial charge in [-0.1, -0.05) is 0 Å². The smallest absolute Gasteiger partial charge is 0.133 e. The molecule has 2 nitrogen and oxygen atoms in total. The summed E-state index contributed by atoms with van der Waals surface area (Å²) in [5.41, 5.74) is 6.86. The normalized spacial score (nSPS) is 17.9. The van der Waals surface area contributed by atoms with Crippen LogP contribution in [0.3, 0.4) is 0 Å². The molecule has 0 aliphatic heterocycles. The monoisotopic (exact) mass is 273 g/mol. The molecule has 1 aromatic rings. The van der Waals surface area contributed by atoms with Crippen molar-refractivity contribution in [1.82, 2.24) is 0 Å². The average molecular weight is 274 g/mol. The number of aromatic hydroxyl groups is 1. The van der Waals surface area contributed by atoms with Gasteiger partial charge in [-0.05, 0) is 53.7 Å². The molecule has 0 saturated heterocycles. The zero-order valence-corrected chi connectivity index (χ0v) is 10.1. The fraction of sp³-hybridized carbons (Fsp3) is 0.455. The quantitative estimate of drug-likeness (QED) is 0.870. The number of hydrogen-bond acceptors (Lipinski definition) is 2. The topological polar surface area (TPSA) is 46.2 Å². The van der Waals surface area contributed by atoms with Crippen molar-refractivity contribution in [3.05, 3.63) is 27.5 Å². The molecule has 15 heavy (non-hydrogen) atoms. The standard InChI is InChI=1S/C11H13BrFNO/c1-6-7(5-11(14)2-3-11)10(15)8(12)4-9(6)13/h4,15H,2-3,5,14H2,1H3. The Kier molecular flexibility index (Phi) is 2.51. The molecule has 0 unspecified atom stereocenters. The molecular weight excluding hydrogens is 261 g/mol. The van der Waals surface area contributed by atoms with Crippen LogP contribution in [0, 0.1) is 12.7 Å². The van der Waals surface area contributed by atoms with Crippen LogP contribution in [0.5, 0.6) is 5.75 Å². The highest BCUT2D eigenvalue weighted by atomic mass is 79.9. The van der Waals surface area contributed by atoms with Crippen molar-refractivity contribution in [3.63, 3.8) is 0 Å². The van der Waals surface area contributed by atoms with E-state index in [4.69, 9.17) is 5.73 Å². The van der Waals surface area contributed by atoms with Crippen molar-refractivity contribution in [1.29, 1.82) is 0 Å². The first-order valence-corrected chi connectivity index (χ1v) is 5.67. The van der Waals surface area contributed by atoms with Gasteiger partial charge in [-0.15, -0.1) is 0 Å². The predicted molar refractivity (Wildman–Crippen MR) is 60.4 cm³/mol. The maximum Gasteiger partial charge on any atom is 0.133 e. The van der Waals surface area contributed by atoms with Gasteiger partial charge in [0, 0.05) is 11.1 Å². The minimum Gasteiger partial charge on any atom is -0.506 e. The summed E-state index contributed by atoms with van der Waals surface area (Å²) in [6.07, 6.45) is 2.43. The Balaban J connectivity index is 2.44. The fourth-order valence-corrected chi connectivity index (χ4v) is 2.10. The molecule has 0 spiro atoms. The lowest BCUT2D eigenvalue weighted by Gasteiger charge is -2.14. The van der Waals surface area contributed by atoms with E-state index in [1.807, 2.05) is 0 Å². The summed E-state index contributed by atoms with van der Waals surface area (Å²) in [5.74, 6) is -0.190. The van der Waals surface area contributed by atoms with E-state index in [0.717, 1.165) is 12.8 Å². The van der Waals surface area contributed by atoms with Gasteiger partial charge < -0.3 is 10.8 Å². The van der Waals surface area contributed by atoms with Gasteiger partial charge in [-0.2, -0.15) is 0 Å². The summed E-state index contributed by atoms with van der Waals surface area (Å²) in [6.45, 7) is 1.67. The maximum atomic E-state index is 13.4. The van der Waals surface area contributed by atoms with Gasteiger partial charge in [0.1, 0.15) is 11.6 Å². The lowest BCUT2D eigenvalue weighted by molar-refractivity contribution is 0.455. The molecule has 1 saturated carbocycles. The third kappa shape index (κ3) is 2.01. The molecule has 1 aliphatic carbocycles. The van der Waals surface area contributed by atoms with Gasteiger partial charge >= 0.3 is 0 Å². The van der Waals surface area contributed by atoms with Crippen LogP contribution in [0.1, 0.15) is 24.0 Å². The molecular formula is C11H13BrFNO. The minimum absolute atomic E-state index is 0.116. The lowest BCUT2D eigenvalue weighted by Crippen LogP contribution is -2.25. The van der Waals surface area contributed by atoms with Crippen molar-refractivity contribution in [2.45, 2.75) is 31.7 Å².